The van der Waals surface area contributed by atoms with E-state index >= 15 is 0 Å². The summed E-state index contributed by atoms with van der Waals surface area (Å²) in [5, 5.41) is 3.67. The van der Waals surface area contributed by atoms with Crippen molar-refractivity contribution in [3.8, 4) is 0 Å². The highest BCUT2D eigenvalue weighted by Gasteiger charge is 2.31. The molecule has 0 saturated carbocycles. The first-order valence-corrected chi connectivity index (χ1v) is 8.96. The van der Waals surface area contributed by atoms with Gasteiger partial charge in [0.25, 0.3) is 0 Å². The largest absolute Gasteiger partial charge is 0.360 e. The molecule has 2 heterocycles. The smallest absolute Gasteiger partial charge is 0.246 e. The lowest BCUT2D eigenvalue weighted by Gasteiger charge is -2.19. The second-order valence-corrected chi connectivity index (χ2v) is 7.28. The van der Waals surface area contributed by atoms with E-state index in [1.165, 1.54) is 38.2 Å². The predicted octanol–water partition coefficient (Wildman–Crippen LogP) is 2.23. The van der Waals surface area contributed by atoms with Crippen LogP contribution in [0.25, 0.3) is 0 Å². The van der Waals surface area contributed by atoms with E-state index in [0.717, 1.165) is 0 Å². The summed E-state index contributed by atoms with van der Waals surface area (Å²) in [6.07, 6.45) is 3.18. The lowest BCUT2D eigenvalue weighted by molar-refractivity contribution is 0.390. The van der Waals surface area contributed by atoms with Crippen LogP contribution in [0.2, 0.25) is 0 Å². The average Bonchev–Trinajstić information content (AvgIpc) is 3.11. The number of aromatic nitrogens is 3. The third-order valence-electron chi connectivity index (χ3n) is 3.84. The van der Waals surface area contributed by atoms with Crippen LogP contribution in [0.3, 0.4) is 0 Å². The Kier molecular flexibility index (Phi) is 4.44. The molecule has 0 bridgehead atoms. The highest BCUT2D eigenvalue weighted by molar-refractivity contribution is 7.89. The standard InChI is InChI=1S/C16H17FN4O3S/c1-10-15(11(2)24-19-10)25(22,23)20-14(16-18-8-9-21(16)3)12-6-4-5-7-13(12)17/h4-9,14,20H,1-3H3/t14-/m1/s1. The van der Waals surface area contributed by atoms with Crippen LogP contribution in [0.1, 0.15) is 28.9 Å². The molecule has 0 amide bonds. The highest BCUT2D eigenvalue weighted by atomic mass is 32.2. The molecule has 0 aliphatic heterocycles. The summed E-state index contributed by atoms with van der Waals surface area (Å²) in [4.78, 5) is 4.12. The number of imidazole rings is 1. The van der Waals surface area contributed by atoms with Crippen LogP contribution in [0, 0.1) is 19.7 Å². The minimum atomic E-state index is -4.01. The Morgan fingerprint density at radius 2 is 2.00 bits per heavy atom. The van der Waals surface area contributed by atoms with Gasteiger partial charge in [0, 0.05) is 25.0 Å². The second kappa shape index (κ2) is 6.41. The molecule has 0 fully saturated rings. The molecule has 1 N–H and O–H groups in total. The number of hydrogen-bond acceptors (Lipinski definition) is 5. The number of rotatable bonds is 5. The summed E-state index contributed by atoms with van der Waals surface area (Å²) < 4.78 is 49.2. The van der Waals surface area contributed by atoms with Crippen LogP contribution in [0.15, 0.2) is 46.1 Å². The molecular formula is C16H17FN4O3S. The van der Waals surface area contributed by atoms with E-state index in [9.17, 15) is 12.8 Å². The fraction of sp³-hybridized carbons (Fsp3) is 0.250. The Hall–Kier alpha value is -2.52. The van der Waals surface area contributed by atoms with E-state index in [4.69, 9.17) is 4.52 Å². The van der Waals surface area contributed by atoms with Crippen molar-refractivity contribution in [2.75, 3.05) is 0 Å². The molecule has 3 rings (SSSR count). The SMILES string of the molecule is Cc1noc(C)c1S(=O)(=O)N[C@H](c1ccccc1F)c1nccn1C. The Labute approximate surface area is 144 Å². The molecule has 25 heavy (non-hydrogen) atoms. The fourth-order valence-corrected chi connectivity index (χ4v) is 4.19. The zero-order valence-electron chi connectivity index (χ0n) is 13.9. The number of sulfonamides is 1. The molecule has 2 aromatic heterocycles. The maximum atomic E-state index is 14.3. The van der Waals surface area contributed by atoms with Gasteiger partial charge in [-0.05, 0) is 19.9 Å². The van der Waals surface area contributed by atoms with Crippen LogP contribution in [0.5, 0.6) is 0 Å². The number of nitrogens with zero attached hydrogens (tertiary/aromatic N) is 3. The Bertz CT molecular complexity index is 991. The lowest BCUT2D eigenvalue weighted by atomic mass is 10.1. The van der Waals surface area contributed by atoms with Gasteiger partial charge >= 0.3 is 0 Å². The quantitative estimate of drug-likeness (QED) is 0.750. The minimum Gasteiger partial charge on any atom is -0.360 e. The summed E-state index contributed by atoms with van der Waals surface area (Å²) in [5.41, 5.74) is 0.407. The second-order valence-electron chi connectivity index (χ2n) is 5.63. The number of aryl methyl sites for hydroxylation is 3. The molecule has 132 valence electrons. The van der Waals surface area contributed by atoms with E-state index in [0.29, 0.717) is 5.82 Å². The Morgan fingerprint density at radius 3 is 2.56 bits per heavy atom. The third-order valence-corrected chi connectivity index (χ3v) is 5.51. The normalized spacial score (nSPS) is 13.1. The van der Waals surface area contributed by atoms with Crippen molar-refractivity contribution in [1.82, 2.24) is 19.4 Å². The van der Waals surface area contributed by atoms with Gasteiger partial charge in [-0.25, -0.2) is 17.8 Å². The van der Waals surface area contributed by atoms with Gasteiger partial charge < -0.3 is 9.09 Å². The molecular weight excluding hydrogens is 347 g/mol. The summed E-state index contributed by atoms with van der Waals surface area (Å²) in [6, 6.07) is 4.97. The maximum absolute atomic E-state index is 14.3. The van der Waals surface area contributed by atoms with Crippen molar-refractivity contribution in [3.05, 3.63) is 65.3 Å². The topological polar surface area (TPSA) is 90.0 Å². The van der Waals surface area contributed by atoms with Gasteiger partial charge in [0.1, 0.15) is 28.3 Å². The molecule has 0 unspecified atom stereocenters. The molecule has 0 spiro atoms. The molecule has 7 nitrogen and oxygen atoms in total. The molecule has 0 aliphatic carbocycles. The maximum Gasteiger partial charge on any atom is 0.246 e. The Balaban J connectivity index is 2.11. The van der Waals surface area contributed by atoms with E-state index < -0.39 is 21.9 Å². The van der Waals surface area contributed by atoms with Crippen molar-refractivity contribution < 1.29 is 17.3 Å². The third kappa shape index (κ3) is 3.20. The van der Waals surface area contributed by atoms with Crippen molar-refractivity contribution in [1.29, 1.82) is 0 Å². The first-order chi connectivity index (χ1) is 11.8. The lowest BCUT2D eigenvalue weighted by Crippen LogP contribution is -2.32. The van der Waals surface area contributed by atoms with Crippen LogP contribution >= 0.6 is 0 Å². The van der Waals surface area contributed by atoms with Crippen LogP contribution in [0.4, 0.5) is 4.39 Å². The van der Waals surface area contributed by atoms with Crippen molar-refractivity contribution in [3.63, 3.8) is 0 Å². The summed E-state index contributed by atoms with van der Waals surface area (Å²) in [6.45, 7) is 3.04. The summed E-state index contributed by atoms with van der Waals surface area (Å²) in [7, 11) is -2.30. The number of nitrogens with one attached hydrogen (secondary N) is 1. The van der Waals surface area contributed by atoms with Crippen LogP contribution in [-0.4, -0.2) is 23.1 Å². The number of halogens is 1. The van der Waals surface area contributed by atoms with Crippen molar-refractivity contribution >= 4 is 10.0 Å². The first-order valence-electron chi connectivity index (χ1n) is 7.48. The van der Waals surface area contributed by atoms with Gasteiger partial charge in [0.15, 0.2) is 5.76 Å². The fourth-order valence-electron chi connectivity index (χ4n) is 2.69. The van der Waals surface area contributed by atoms with Crippen molar-refractivity contribution in [2.45, 2.75) is 24.8 Å². The molecule has 0 saturated heterocycles. The van der Waals surface area contributed by atoms with Gasteiger partial charge in [-0.3, -0.25) is 0 Å². The molecule has 9 heteroatoms. The van der Waals surface area contributed by atoms with Gasteiger partial charge in [-0.2, -0.15) is 4.72 Å². The van der Waals surface area contributed by atoms with Gasteiger partial charge in [-0.15, -0.1) is 0 Å². The van der Waals surface area contributed by atoms with Gasteiger partial charge in [-0.1, -0.05) is 23.4 Å². The highest BCUT2D eigenvalue weighted by Crippen LogP contribution is 2.27. The van der Waals surface area contributed by atoms with E-state index in [1.54, 1.807) is 23.9 Å². The molecule has 3 aromatic rings. The predicted molar refractivity (Wildman–Crippen MR) is 87.7 cm³/mol. The van der Waals surface area contributed by atoms with E-state index in [2.05, 4.69) is 14.9 Å². The van der Waals surface area contributed by atoms with Crippen LogP contribution in [-0.2, 0) is 17.1 Å². The number of hydrogen-bond donors (Lipinski definition) is 1. The molecule has 1 atom stereocenters. The molecule has 0 aliphatic rings. The first kappa shape index (κ1) is 17.3. The van der Waals surface area contributed by atoms with Crippen LogP contribution < -0.4 is 4.72 Å². The van der Waals surface area contributed by atoms with Gasteiger partial charge in [0.05, 0.1) is 0 Å². The number of benzene rings is 1. The molecule has 0 radical (unpaired) electrons. The zero-order valence-corrected chi connectivity index (χ0v) is 14.7. The zero-order chi connectivity index (χ0) is 18.2. The van der Waals surface area contributed by atoms with E-state index in [-0.39, 0.29) is 21.9 Å². The minimum absolute atomic E-state index is 0.0527. The van der Waals surface area contributed by atoms with E-state index in [1.807, 2.05) is 0 Å². The van der Waals surface area contributed by atoms with Gasteiger partial charge in [0.2, 0.25) is 10.0 Å². The summed E-state index contributed by atoms with van der Waals surface area (Å²) in [5.74, 6) is -0.00507. The van der Waals surface area contributed by atoms with Crippen molar-refractivity contribution in [2.24, 2.45) is 7.05 Å². The molecule has 1 aromatic carbocycles. The monoisotopic (exact) mass is 364 g/mol. The summed E-state index contributed by atoms with van der Waals surface area (Å²) >= 11 is 0. The Morgan fingerprint density at radius 1 is 1.28 bits per heavy atom. The average molecular weight is 364 g/mol.